The molecule has 0 amide bonds. The zero-order chi connectivity index (χ0) is 32.4. The van der Waals surface area contributed by atoms with E-state index in [-0.39, 0.29) is 11.8 Å². The molecule has 7 nitrogen and oxygen atoms in total. The maximum atomic E-state index is 4.94. The minimum Gasteiger partial charge on any atom is -0.234 e. The molecule has 0 fully saturated rings. The molecule has 0 N–H and O–H groups in total. The lowest BCUT2D eigenvalue weighted by Gasteiger charge is -2.36. The van der Waals surface area contributed by atoms with Crippen molar-refractivity contribution in [2.45, 2.75) is 11.3 Å². The number of aromatic nitrogens is 7. The Morgan fingerprint density at radius 2 is 1.04 bits per heavy atom. The minimum absolute atomic E-state index is 0.191. The molecule has 0 bridgehead atoms. The molecule has 0 aliphatic heterocycles. The Labute approximate surface area is 282 Å². The Morgan fingerprint density at radius 1 is 0.429 bits per heavy atom. The molecule has 10 rings (SSSR count). The number of rotatable bonds is 4. The van der Waals surface area contributed by atoms with Gasteiger partial charge in [0.25, 0.3) is 0 Å². The number of hydrogen-bond acceptors (Lipinski definition) is 7. The Balaban J connectivity index is 1.23. The average Bonchev–Trinajstić information content (AvgIpc) is 3.65. The van der Waals surface area contributed by atoms with Crippen molar-refractivity contribution in [1.29, 1.82) is 0 Å². The first-order valence-corrected chi connectivity index (χ1v) is 16.4. The molecule has 3 aliphatic carbocycles. The standard InChI is InChI=1S/C42H27N7/c1-2-10-26(11-3-1)27-16-18-31-29-12-4-6-14-33(29)42(35(31)24-27)34-15-7-5-13-30(34)32-19-17-28(25-36(32)42)37-47-40(38-43-20-8-21-44-38)49-41(48-37)39-45-22-9-23-46-39/h1-25,30,34H. The Kier molecular flexibility index (Phi) is 6.08. The van der Waals surface area contributed by atoms with Crippen LogP contribution in [0.1, 0.15) is 28.2 Å². The second kappa shape index (κ2) is 10.8. The second-order valence-corrected chi connectivity index (χ2v) is 12.6. The SMILES string of the molecule is C1=CC2c3ccc(-c4nc(-c5ncccn5)nc(-c5ncccn5)n4)cc3C3(c4ccccc4-c4ccc(-c5ccccc5)cc43)C2C=C1. The first kappa shape index (κ1) is 27.6. The fourth-order valence-corrected chi connectivity index (χ4v) is 8.13. The molecule has 3 aliphatic rings. The van der Waals surface area contributed by atoms with Gasteiger partial charge in [-0.05, 0) is 68.8 Å². The van der Waals surface area contributed by atoms with Gasteiger partial charge in [0.15, 0.2) is 17.5 Å². The summed E-state index contributed by atoms with van der Waals surface area (Å²) in [5.74, 6) is 2.48. The van der Waals surface area contributed by atoms with E-state index in [9.17, 15) is 0 Å². The Morgan fingerprint density at radius 3 is 1.80 bits per heavy atom. The topological polar surface area (TPSA) is 90.2 Å². The summed E-state index contributed by atoms with van der Waals surface area (Å²) in [6, 6.07) is 36.8. The van der Waals surface area contributed by atoms with Gasteiger partial charge in [0.05, 0.1) is 5.41 Å². The van der Waals surface area contributed by atoms with Crippen LogP contribution in [0.2, 0.25) is 0 Å². The van der Waals surface area contributed by atoms with Crippen LogP contribution < -0.4 is 0 Å². The van der Waals surface area contributed by atoms with Crippen LogP contribution in [0.5, 0.6) is 0 Å². The first-order chi connectivity index (χ1) is 24.3. The first-order valence-electron chi connectivity index (χ1n) is 16.4. The Bertz CT molecular complexity index is 2400. The van der Waals surface area contributed by atoms with E-state index in [1.54, 1.807) is 36.9 Å². The van der Waals surface area contributed by atoms with Gasteiger partial charge in [0.1, 0.15) is 0 Å². The highest BCUT2D eigenvalue weighted by molar-refractivity contribution is 5.88. The summed E-state index contributed by atoms with van der Waals surface area (Å²) in [7, 11) is 0. The zero-order valence-electron chi connectivity index (χ0n) is 26.2. The molecule has 3 heterocycles. The highest BCUT2D eigenvalue weighted by atomic mass is 15.1. The van der Waals surface area contributed by atoms with Gasteiger partial charge in [0.2, 0.25) is 11.6 Å². The maximum absolute atomic E-state index is 4.94. The summed E-state index contributed by atoms with van der Waals surface area (Å²) < 4.78 is 0. The lowest BCUT2D eigenvalue weighted by Crippen LogP contribution is -2.33. The van der Waals surface area contributed by atoms with E-state index in [0.717, 1.165) is 5.56 Å². The third kappa shape index (κ3) is 4.12. The van der Waals surface area contributed by atoms with E-state index in [0.29, 0.717) is 29.1 Å². The van der Waals surface area contributed by atoms with E-state index >= 15 is 0 Å². The van der Waals surface area contributed by atoms with Crippen LogP contribution in [0.3, 0.4) is 0 Å². The molecule has 3 aromatic heterocycles. The molecule has 0 saturated heterocycles. The van der Waals surface area contributed by atoms with Crippen LogP contribution in [0, 0.1) is 5.92 Å². The molecule has 7 aromatic rings. The van der Waals surface area contributed by atoms with Crippen molar-refractivity contribution >= 4 is 0 Å². The van der Waals surface area contributed by atoms with Gasteiger partial charge in [0, 0.05) is 42.2 Å². The van der Waals surface area contributed by atoms with E-state index in [2.05, 4.69) is 135 Å². The number of hydrogen-bond donors (Lipinski definition) is 0. The lowest BCUT2D eigenvalue weighted by molar-refractivity contribution is 0.465. The van der Waals surface area contributed by atoms with Crippen molar-refractivity contribution in [2.75, 3.05) is 0 Å². The monoisotopic (exact) mass is 629 g/mol. The minimum atomic E-state index is -0.419. The number of nitrogens with zero attached hydrogens (tertiary/aromatic N) is 7. The number of fused-ring (bicyclic) bond motifs is 10. The highest BCUT2D eigenvalue weighted by Crippen LogP contribution is 2.65. The van der Waals surface area contributed by atoms with Gasteiger partial charge >= 0.3 is 0 Å². The summed E-state index contributed by atoms with van der Waals surface area (Å²) in [6.07, 6.45) is 15.9. The Hall–Kier alpha value is -6.47. The molecule has 4 aromatic carbocycles. The predicted molar refractivity (Wildman–Crippen MR) is 189 cm³/mol. The maximum Gasteiger partial charge on any atom is 0.201 e. The van der Waals surface area contributed by atoms with E-state index in [1.165, 1.54) is 44.5 Å². The summed E-state index contributed by atoms with van der Waals surface area (Å²) in [6.45, 7) is 0. The van der Waals surface area contributed by atoms with Gasteiger partial charge in [-0.1, -0.05) is 103 Å². The van der Waals surface area contributed by atoms with Gasteiger partial charge < -0.3 is 0 Å². The third-order valence-electron chi connectivity index (χ3n) is 10.1. The molecule has 1 spiro atoms. The third-order valence-corrected chi connectivity index (χ3v) is 10.1. The van der Waals surface area contributed by atoms with Crippen molar-refractivity contribution in [1.82, 2.24) is 34.9 Å². The van der Waals surface area contributed by atoms with E-state index < -0.39 is 5.41 Å². The number of benzene rings is 4. The van der Waals surface area contributed by atoms with Crippen LogP contribution in [0.4, 0.5) is 0 Å². The summed E-state index contributed by atoms with van der Waals surface area (Å²) in [5.41, 5.74) is 10.7. The second-order valence-electron chi connectivity index (χ2n) is 12.6. The molecular formula is C42H27N7. The quantitative estimate of drug-likeness (QED) is 0.194. The van der Waals surface area contributed by atoms with Gasteiger partial charge in [-0.15, -0.1) is 0 Å². The van der Waals surface area contributed by atoms with Crippen molar-refractivity contribution in [2.24, 2.45) is 5.92 Å². The summed E-state index contributed by atoms with van der Waals surface area (Å²) >= 11 is 0. The molecule has 3 atom stereocenters. The van der Waals surface area contributed by atoms with Crippen LogP contribution >= 0.6 is 0 Å². The molecule has 230 valence electrons. The summed E-state index contributed by atoms with van der Waals surface area (Å²) in [5, 5.41) is 0. The largest absolute Gasteiger partial charge is 0.234 e. The van der Waals surface area contributed by atoms with E-state index in [4.69, 9.17) is 15.0 Å². The van der Waals surface area contributed by atoms with Crippen LogP contribution in [-0.4, -0.2) is 34.9 Å². The molecule has 0 radical (unpaired) electrons. The van der Waals surface area contributed by atoms with Crippen LogP contribution in [0.25, 0.3) is 56.9 Å². The number of allylic oxidation sites excluding steroid dienone is 4. The smallest absolute Gasteiger partial charge is 0.201 e. The normalized spacial score (nSPS) is 19.3. The zero-order valence-corrected chi connectivity index (χ0v) is 26.2. The summed E-state index contributed by atoms with van der Waals surface area (Å²) in [4.78, 5) is 32.4. The molecule has 0 saturated carbocycles. The van der Waals surface area contributed by atoms with Gasteiger partial charge in [-0.25, -0.2) is 34.9 Å². The van der Waals surface area contributed by atoms with Gasteiger partial charge in [-0.3, -0.25) is 0 Å². The fraction of sp³-hybridized carbons (Fsp3) is 0.0714. The van der Waals surface area contributed by atoms with Crippen molar-refractivity contribution in [3.8, 4) is 56.9 Å². The van der Waals surface area contributed by atoms with Gasteiger partial charge in [-0.2, -0.15) is 0 Å². The lowest BCUT2D eigenvalue weighted by atomic mass is 9.65. The molecule has 3 unspecified atom stereocenters. The fourth-order valence-electron chi connectivity index (χ4n) is 8.13. The van der Waals surface area contributed by atoms with Crippen LogP contribution in [0.15, 0.2) is 152 Å². The van der Waals surface area contributed by atoms with Crippen molar-refractivity contribution in [3.63, 3.8) is 0 Å². The average molecular weight is 630 g/mol. The van der Waals surface area contributed by atoms with Crippen molar-refractivity contribution in [3.05, 3.63) is 174 Å². The van der Waals surface area contributed by atoms with Crippen LogP contribution in [-0.2, 0) is 5.41 Å². The van der Waals surface area contributed by atoms with E-state index in [1.807, 2.05) is 0 Å². The van der Waals surface area contributed by atoms with Crippen molar-refractivity contribution < 1.29 is 0 Å². The molecule has 49 heavy (non-hydrogen) atoms. The molecular weight excluding hydrogens is 603 g/mol. The molecule has 7 heteroatoms. The predicted octanol–water partition coefficient (Wildman–Crippen LogP) is 8.27. The highest BCUT2D eigenvalue weighted by Gasteiger charge is 2.57.